The second-order valence-corrected chi connectivity index (χ2v) is 5.52. The zero-order valence-corrected chi connectivity index (χ0v) is 12.0. The van der Waals surface area contributed by atoms with Gasteiger partial charge in [0.05, 0.1) is 5.92 Å². The lowest BCUT2D eigenvalue weighted by atomic mass is 9.83. The van der Waals surface area contributed by atoms with Gasteiger partial charge in [-0.05, 0) is 17.9 Å². The minimum Gasteiger partial charge on any atom is -0.481 e. The Hall–Kier alpha value is -2.04. The molecule has 1 aliphatic rings. The summed E-state index contributed by atoms with van der Waals surface area (Å²) in [5.41, 5.74) is 0.694. The van der Waals surface area contributed by atoms with Gasteiger partial charge in [-0.25, -0.2) is 4.79 Å². The molecule has 2 rings (SSSR count). The zero-order valence-electron chi connectivity index (χ0n) is 12.0. The minimum atomic E-state index is -0.934. The fourth-order valence-corrected chi connectivity index (χ4v) is 2.46. The fraction of sp³-hybridized carbons (Fsp3) is 0.500. The summed E-state index contributed by atoms with van der Waals surface area (Å²) in [7, 11) is 0. The molecule has 1 saturated carbocycles. The number of aliphatic carboxylic acids is 1. The molecule has 0 bridgehead atoms. The lowest BCUT2D eigenvalue weighted by molar-refractivity contribution is -0.138. The Bertz CT molecular complexity index is 472. The van der Waals surface area contributed by atoms with Crippen LogP contribution in [0.1, 0.15) is 37.2 Å². The molecule has 2 amide bonds. The van der Waals surface area contributed by atoms with Crippen LogP contribution in [0.4, 0.5) is 4.79 Å². The molecule has 0 radical (unpaired) electrons. The topological polar surface area (TPSA) is 78.4 Å². The van der Waals surface area contributed by atoms with Crippen molar-refractivity contribution in [1.82, 2.24) is 10.6 Å². The highest BCUT2D eigenvalue weighted by molar-refractivity contribution is 5.79. The van der Waals surface area contributed by atoms with E-state index in [-0.39, 0.29) is 12.6 Å². The molecule has 1 aromatic rings. The number of carbonyl (C=O) groups excluding carboxylic acids is 1. The number of amides is 2. The molecule has 0 aliphatic heterocycles. The summed E-state index contributed by atoms with van der Waals surface area (Å²) < 4.78 is 0. The van der Waals surface area contributed by atoms with Crippen LogP contribution < -0.4 is 10.6 Å². The molecule has 0 aromatic heterocycles. The van der Waals surface area contributed by atoms with Gasteiger partial charge in [0.1, 0.15) is 0 Å². The Kier molecular flexibility index (Phi) is 5.60. The Morgan fingerprint density at radius 1 is 1.19 bits per heavy atom. The number of hydrogen-bond acceptors (Lipinski definition) is 2. The summed E-state index contributed by atoms with van der Waals surface area (Å²) in [4.78, 5) is 23.0. The fourth-order valence-electron chi connectivity index (χ4n) is 2.46. The molecule has 1 unspecified atom stereocenters. The molecular weight excluding hydrogens is 268 g/mol. The standard InChI is InChI=1S/C16H22N2O3/c19-15(20)14(13-7-2-1-3-8-13)11-18-16(21)17-10-9-12-5-4-6-12/h1-3,7-8,12,14H,4-6,9-11H2,(H,19,20)(H2,17,18,21). The maximum absolute atomic E-state index is 11.7. The van der Waals surface area contributed by atoms with Gasteiger partial charge >= 0.3 is 12.0 Å². The molecular formula is C16H22N2O3. The van der Waals surface area contributed by atoms with Crippen molar-refractivity contribution in [2.45, 2.75) is 31.6 Å². The van der Waals surface area contributed by atoms with E-state index in [9.17, 15) is 14.7 Å². The van der Waals surface area contributed by atoms with Crippen molar-refractivity contribution in [3.63, 3.8) is 0 Å². The van der Waals surface area contributed by atoms with E-state index >= 15 is 0 Å². The highest BCUT2D eigenvalue weighted by Crippen LogP contribution is 2.28. The summed E-state index contributed by atoms with van der Waals surface area (Å²) in [6.45, 7) is 0.744. The monoisotopic (exact) mass is 290 g/mol. The van der Waals surface area contributed by atoms with Crippen molar-refractivity contribution in [2.75, 3.05) is 13.1 Å². The summed E-state index contributed by atoms with van der Waals surface area (Å²) in [6, 6.07) is 8.65. The number of urea groups is 1. The summed E-state index contributed by atoms with van der Waals surface area (Å²) >= 11 is 0. The molecule has 0 heterocycles. The SMILES string of the molecule is O=C(NCCC1CCC1)NCC(C(=O)O)c1ccccc1. The van der Waals surface area contributed by atoms with E-state index in [2.05, 4.69) is 10.6 Å². The maximum Gasteiger partial charge on any atom is 0.314 e. The predicted octanol–water partition coefficient (Wildman–Crippen LogP) is 2.34. The van der Waals surface area contributed by atoms with Crippen LogP contribution in [0, 0.1) is 5.92 Å². The average Bonchev–Trinajstić information content (AvgIpc) is 2.42. The zero-order chi connectivity index (χ0) is 15.1. The first-order valence-electron chi connectivity index (χ1n) is 7.46. The highest BCUT2D eigenvalue weighted by Gasteiger charge is 2.20. The number of nitrogens with one attached hydrogen (secondary N) is 2. The van der Waals surface area contributed by atoms with E-state index in [4.69, 9.17) is 0 Å². The normalized spacial score (nSPS) is 15.8. The van der Waals surface area contributed by atoms with Crippen LogP contribution in [0.25, 0.3) is 0 Å². The van der Waals surface area contributed by atoms with Crippen molar-refractivity contribution < 1.29 is 14.7 Å². The molecule has 114 valence electrons. The molecule has 1 aliphatic carbocycles. The molecule has 3 N–H and O–H groups in total. The predicted molar refractivity (Wildman–Crippen MR) is 80.2 cm³/mol. The van der Waals surface area contributed by atoms with Crippen molar-refractivity contribution in [1.29, 1.82) is 0 Å². The van der Waals surface area contributed by atoms with Crippen LogP contribution in [-0.4, -0.2) is 30.2 Å². The van der Waals surface area contributed by atoms with Gasteiger partial charge in [-0.15, -0.1) is 0 Å². The summed E-state index contributed by atoms with van der Waals surface area (Å²) in [5, 5.41) is 14.7. The quantitative estimate of drug-likeness (QED) is 0.721. The van der Waals surface area contributed by atoms with Gasteiger partial charge in [-0.2, -0.15) is 0 Å². The summed E-state index contributed by atoms with van der Waals surface area (Å²) in [5.74, 6) is -0.902. The third kappa shape index (κ3) is 4.77. The molecule has 5 heteroatoms. The van der Waals surface area contributed by atoms with Gasteiger partial charge in [0.2, 0.25) is 0 Å². The lowest BCUT2D eigenvalue weighted by Gasteiger charge is -2.25. The molecule has 21 heavy (non-hydrogen) atoms. The molecule has 5 nitrogen and oxygen atoms in total. The number of carboxylic acids is 1. The Balaban J connectivity index is 1.73. The third-order valence-corrected chi connectivity index (χ3v) is 4.03. The smallest absolute Gasteiger partial charge is 0.314 e. The molecule has 0 spiro atoms. The van der Waals surface area contributed by atoms with E-state index in [1.165, 1.54) is 19.3 Å². The number of hydrogen-bond donors (Lipinski definition) is 3. The van der Waals surface area contributed by atoms with E-state index in [1.54, 1.807) is 24.3 Å². The van der Waals surface area contributed by atoms with E-state index in [0.717, 1.165) is 12.3 Å². The first kappa shape index (κ1) is 15.4. The van der Waals surface area contributed by atoms with Gasteiger partial charge < -0.3 is 15.7 Å². The maximum atomic E-state index is 11.7. The molecule has 1 fully saturated rings. The largest absolute Gasteiger partial charge is 0.481 e. The molecule has 0 saturated heterocycles. The van der Waals surface area contributed by atoms with Crippen molar-refractivity contribution in [3.8, 4) is 0 Å². The van der Waals surface area contributed by atoms with Crippen molar-refractivity contribution in [2.24, 2.45) is 5.92 Å². The number of benzene rings is 1. The second-order valence-electron chi connectivity index (χ2n) is 5.52. The average molecular weight is 290 g/mol. The lowest BCUT2D eigenvalue weighted by Crippen LogP contribution is -2.40. The van der Waals surface area contributed by atoms with Crippen LogP contribution in [0.2, 0.25) is 0 Å². The Morgan fingerprint density at radius 3 is 2.48 bits per heavy atom. The molecule has 1 aromatic carbocycles. The second kappa shape index (κ2) is 7.67. The van der Waals surface area contributed by atoms with E-state index in [1.807, 2.05) is 6.07 Å². The summed E-state index contributed by atoms with van der Waals surface area (Å²) in [6.07, 6.45) is 4.83. The third-order valence-electron chi connectivity index (χ3n) is 4.03. The Morgan fingerprint density at radius 2 is 1.90 bits per heavy atom. The van der Waals surface area contributed by atoms with Crippen LogP contribution in [0.15, 0.2) is 30.3 Å². The Labute approximate surface area is 124 Å². The number of rotatable bonds is 7. The first-order valence-corrected chi connectivity index (χ1v) is 7.46. The van der Waals surface area contributed by atoms with Crippen molar-refractivity contribution in [3.05, 3.63) is 35.9 Å². The number of carboxylic acid groups (broad SMARTS) is 1. The first-order chi connectivity index (χ1) is 10.2. The van der Waals surface area contributed by atoms with Gasteiger partial charge in [0, 0.05) is 13.1 Å². The highest BCUT2D eigenvalue weighted by atomic mass is 16.4. The van der Waals surface area contributed by atoms with Gasteiger partial charge in [0.15, 0.2) is 0 Å². The van der Waals surface area contributed by atoms with Crippen LogP contribution in [-0.2, 0) is 4.79 Å². The minimum absolute atomic E-state index is 0.0919. The van der Waals surface area contributed by atoms with Crippen LogP contribution in [0.5, 0.6) is 0 Å². The van der Waals surface area contributed by atoms with E-state index < -0.39 is 11.9 Å². The molecule has 1 atom stereocenters. The van der Waals surface area contributed by atoms with Gasteiger partial charge in [-0.3, -0.25) is 4.79 Å². The van der Waals surface area contributed by atoms with Crippen LogP contribution >= 0.6 is 0 Å². The van der Waals surface area contributed by atoms with Gasteiger partial charge in [-0.1, -0.05) is 49.6 Å². The van der Waals surface area contributed by atoms with Crippen molar-refractivity contribution >= 4 is 12.0 Å². The van der Waals surface area contributed by atoms with Crippen LogP contribution in [0.3, 0.4) is 0 Å². The van der Waals surface area contributed by atoms with E-state index in [0.29, 0.717) is 12.1 Å². The number of carbonyl (C=O) groups is 2. The van der Waals surface area contributed by atoms with Gasteiger partial charge in [0.25, 0.3) is 0 Å².